The summed E-state index contributed by atoms with van der Waals surface area (Å²) in [6.45, 7) is 2.59. The van der Waals surface area contributed by atoms with Gasteiger partial charge in [-0.2, -0.15) is 0 Å². The van der Waals surface area contributed by atoms with Crippen molar-refractivity contribution in [2.75, 3.05) is 18.5 Å². The first-order valence-corrected chi connectivity index (χ1v) is 11.6. The van der Waals surface area contributed by atoms with Gasteiger partial charge in [-0.15, -0.1) is 0 Å². The van der Waals surface area contributed by atoms with E-state index in [2.05, 4.69) is 11.4 Å². The fraction of sp³-hybridized carbons (Fsp3) is 0.296. The number of hydrogen-bond acceptors (Lipinski definition) is 6. The van der Waals surface area contributed by atoms with Crippen LogP contribution >= 0.6 is 0 Å². The summed E-state index contributed by atoms with van der Waals surface area (Å²) in [6.07, 6.45) is 1.91. The number of phenolic OH excluding ortho intramolecular Hbond substituents is 2. The van der Waals surface area contributed by atoms with Gasteiger partial charge >= 0.3 is 0 Å². The average molecular weight is 461 g/mol. The number of benzene rings is 3. The van der Waals surface area contributed by atoms with Gasteiger partial charge in [-0.3, -0.25) is 4.79 Å². The summed E-state index contributed by atoms with van der Waals surface area (Å²) in [7, 11) is 0. The van der Waals surface area contributed by atoms with E-state index in [-0.39, 0.29) is 35.3 Å². The number of anilines is 1. The highest BCUT2D eigenvalue weighted by Gasteiger charge is 2.31. The number of carbonyl (C=O) groups excluding carboxylic acids is 1. The summed E-state index contributed by atoms with van der Waals surface area (Å²) < 4.78 is 11.3. The van der Waals surface area contributed by atoms with Crippen molar-refractivity contribution < 1.29 is 24.5 Å². The number of nitrogens with one attached hydrogen (secondary N) is 1. The Kier molecular flexibility index (Phi) is 6.27. The van der Waals surface area contributed by atoms with Crippen LogP contribution in [0.4, 0.5) is 5.69 Å². The number of ether oxygens (including phenoxy) is 2. The Morgan fingerprint density at radius 3 is 2.62 bits per heavy atom. The van der Waals surface area contributed by atoms with Crippen LogP contribution in [0.3, 0.4) is 0 Å². The first kappa shape index (κ1) is 22.1. The Bertz CT molecular complexity index is 1180. The molecule has 3 aromatic carbocycles. The third kappa shape index (κ3) is 4.65. The Balaban J connectivity index is 1.36. The molecule has 2 heterocycles. The van der Waals surface area contributed by atoms with Gasteiger partial charge in [0.25, 0.3) is 5.91 Å². The van der Waals surface area contributed by atoms with Crippen molar-refractivity contribution in [3.8, 4) is 17.2 Å². The monoisotopic (exact) mass is 460 g/mol. The number of hydrogen-bond donors (Lipinski definition) is 3. The van der Waals surface area contributed by atoms with Crippen molar-refractivity contribution in [3.05, 3.63) is 82.9 Å². The van der Waals surface area contributed by atoms with Gasteiger partial charge in [-0.25, -0.2) is 0 Å². The van der Waals surface area contributed by atoms with E-state index in [1.807, 2.05) is 42.5 Å². The highest BCUT2D eigenvalue weighted by Crippen LogP contribution is 2.37. The molecule has 1 saturated heterocycles. The Morgan fingerprint density at radius 2 is 1.82 bits per heavy atom. The summed E-state index contributed by atoms with van der Waals surface area (Å²) in [4.78, 5) is 15.2. The molecule has 34 heavy (non-hydrogen) atoms. The SMILES string of the molecule is O=C(c1c(O)cc(O)cc1OCc1ccccc1)N1Cc2cccc(NC3CCOCC3)c2C1. The van der Waals surface area contributed by atoms with Gasteiger partial charge in [0.05, 0.1) is 0 Å². The molecule has 7 heteroatoms. The molecule has 0 saturated carbocycles. The highest BCUT2D eigenvalue weighted by atomic mass is 16.5. The Morgan fingerprint density at radius 1 is 1.03 bits per heavy atom. The van der Waals surface area contributed by atoms with Crippen LogP contribution in [0.5, 0.6) is 17.2 Å². The van der Waals surface area contributed by atoms with Crippen LogP contribution < -0.4 is 10.1 Å². The van der Waals surface area contributed by atoms with Crippen molar-refractivity contribution in [2.24, 2.45) is 0 Å². The van der Waals surface area contributed by atoms with E-state index in [4.69, 9.17) is 9.47 Å². The summed E-state index contributed by atoms with van der Waals surface area (Å²) in [5.74, 6) is -0.647. The predicted molar refractivity (Wildman–Crippen MR) is 128 cm³/mol. The van der Waals surface area contributed by atoms with Crippen molar-refractivity contribution in [3.63, 3.8) is 0 Å². The lowest BCUT2D eigenvalue weighted by atomic mass is 10.0. The number of aromatic hydroxyl groups is 2. The third-order valence-electron chi connectivity index (χ3n) is 6.37. The van der Waals surface area contributed by atoms with E-state index in [1.165, 1.54) is 12.1 Å². The van der Waals surface area contributed by atoms with Gasteiger partial charge in [0.1, 0.15) is 29.4 Å². The molecule has 0 spiro atoms. The minimum absolute atomic E-state index is 0.0560. The second kappa shape index (κ2) is 9.65. The molecule has 3 aromatic rings. The van der Waals surface area contributed by atoms with Crippen molar-refractivity contribution >= 4 is 11.6 Å². The zero-order chi connectivity index (χ0) is 23.5. The number of rotatable bonds is 6. The van der Waals surface area contributed by atoms with Gasteiger partial charge in [-0.05, 0) is 35.6 Å². The van der Waals surface area contributed by atoms with Crippen LogP contribution in [0.2, 0.25) is 0 Å². The quantitative estimate of drug-likeness (QED) is 0.504. The van der Waals surface area contributed by atoms with Crippen LogP contribution in [-0.2, 0) is 24.4 Å². The van der Waals surface area contributed by atoms with Crippen LogP contribution in [0.15, 0.2) is 60.7 Å². The first-order chi connectivity index (χ1) is 16.6. The number of phenols is 2. The molecule has 0 bridgehead atoms. The number of carbonyl (C=O) groups is 1. The third-order valence-corrected chi connectivity index (χ3v) is 6.37. The van der Waals surface area contributed by atoms with Crippen LogP contribution in [0, 0.1) is 0 Å². The van der Waals surface area contributed by atoms with E-state index in [0.29, 0.717) is 19.1 Å². The smallest absolute Gasteiger partial charge is 0.262 e. The summed E-state index contributed by atoms with van der Waals surface area (Å²) in [5, 5.41) is 24.2. The summed E-state index contributed by atoms with van der Waals surface area (Å²) in [6, 6.07) is 18.5. The second-order valence-corrected chi connectivity index (χ2v) is 8.75. The average Bonchev–Trinajstić information content (AvgIpc) is 3.29. The topological polar surface area (TPSA) is 91.3 Å². The number of nitrogens with zero attached hydrogens (tertiary/aromatic N) is 1. The zero-order valence-electron chi connectivity index (χ0n) is 18.9. The van der Waals surface area contributed by atoms with Crippen molar-refractivity contribution in [1.82, 2.24) is 4.90 Å². The Hall–Kier alpha value is -3.71. The van der Waals surface area contributed by atoms with Crippen LogP contribution in [-0.4, -0.2) is 40.3 Å². The molecule has 0 radical (unpaired) electrons. The molecular formula is C27H28N2O5. The minimum atomic E-state index is -0.339. The van der Waals surface area contributed by atoms with Gasteiger partial charge in [-0.1, -0.05) is 42.5 Å². The molecule has 2 aliphatic heterocycles. The van der Waals surface area contributed by atoms with Gasteiger partial charge in [0.2, 0.25) is 0 Å². The largest absolute Gasteiger partial charge is 0.508 e. The maximum atomic E-state index is 13.5. The van der Waals surface area contributed by atoms with E-state index >= 15 is 0 Å². The molecule has 0 unspecified atom stereocenters. The van der Waals surface area contributed by atoms with Gasteiger partial charge < -0.3 is 29.9 Å². The predicted octanol–water partition coefficient (Wildman–Crippen LogP) is 4.42. The lowest BCUT2D eigenvalue weighted by molar-refractivity contribution is 0.0743. The molecule has 5 rings (SSSR count). The fourth-order valence-electron chi connectivity index (χ4n) is 4.57. The van der Waals surface area contributed by atoms with Crippen molar-refractivity contribution in [1.29, 1.82) is 0 Å². The molecule has 3 N–H and O–H groups in total. The maximum Gasteiger partial charge on any atom is 0.262 e. The maximum absolute atomic E-state index is 13.5. The summed E-state index contributed by atoms with van der Waals surface area (Å²) in [5.41, 5.74) is 4.18. The molecule has 2 aliphatic rings. The molecule has 176 valence electrons. The van der Waals surface area contributed by atoms with E-state index in [0.717, 1.165) is 48.4 Å². The Labute approximate surface area is 198 Å². The summed E-state index contributed by atoms with van der Waals surface area (Å²) >= 11 is 0. The van der Waals surface area contributed by atoms with Crippen LogP contribution in [0.1, 0.15) is 39.9 Å². The number of fused-ring (bicyclic) bond motifs is 1. The van der Waals surface area contributed by atoms with E-state index < -0.39 is 0 Å². The number of amides is 1. The minimum Gasteiger partial charge on any atom is -0.508 e. The molecule has 1 fully saturated rings. The molecule has 1 amide bonds. The molecular weight excluding hydrogens is 432 g/mol. The van der Waals surface area contributed by atoms with E-state index in [1.54, 1.807) is 4.90 Å². The van der Waals surface area contributed by atoms with Gasteiger partial charge in [0, 0.05) is 50.2 Å². The molecule has 0 aromatic heterocycles. The van der Waals surface area contributed by atoms with E-state index in [9.17, 15) is 15.0 Å². The van der Waals surface area contributed by atoms with Crippen LogP contribution in [0.25, 0.3) is 0 Å². The normalized spacial score (nSPS) is 15.7. The molecule has 7 nitrogen and oxygen atoms in total. The fourth-order valence-corrected chi connectivity index (χ4v) is 4.57. The highest BCUT2D eigenvalue weighted by molar-refractivity contribution is 6.00. The standard InChI is InChI=1S/C27H28N2O5/c30-21-13-24(31)26(25(14-21)34-17-18-5-2-1-3-6-18)27(32)29-15-19-7-4-8-23(22(19)16-29)28-20-9-11-33-12-10-20/h1-8,13-14,20,28,30-31H,9-12,15-17H2. The molecule has 0 atom stereocenters. The second-order valence-electron chi connectivity index (χ2n) is 8.75. The lowest BCUT2D eigenvalue weighted by Gasteiger charge is -2.25. The molecule has 0 aliphatic carbocycles. The van der Waals surface area contributed by atoms with Gasteiger partial charge in [0.15, 0.2) is 0 Å². The lowest BCUT2D eigenvalue weighted by Crippen LogP contribution is -2.28. The van der Waals surface area contributed by atoms with Crippen molar-refractivity contribution in [2.45, 2.75) is 38.6 Å². The zero-order valence-corrected chi connectivity index (χ0v) is 18.9. The first-order valence-electron chi connectivity index (χ1n) is 11.6.